The Bertz CT molecular complexity index is 1090. The summed E-state index contributed by atoms with van der Waals surface area (Å²) < 4.78 is 100. The van der Waals surface area contributed by atoms with E-state index in [2.05, 4.69) is 4.74 Å². The van der Waals surface area contributed by atoms with Crippen molar-refractivity contribution in [1.82, 2.24) is 0 Å². The lowest BCUT2D eigenvalue weighted by atomic mass is 10.0. The zero-order chi connectivity index (χ0) is 23.5. The van der Waals surface area contributed by atoms with Crippen molar-refractivity contribution in [3.05, 3.63) is 94.8 Å². The van der Waals surface area contributed by atoms with Gasteiger partial charge in [0, 0.05) is 23.8 Å². The fraction of sp³-hybridized carbons (Fsp3) is 0.167. The van der Waals surface area contributed by atoms with E-state index in [1.165, 1.54) is 0 Å². The maximum atomic E-state index is 14.4. The maximum Gasteiger partial charge on any atom is 0.419 e. The molecule has 0 amide bonds. The lowest BCUT2D eigenvalue weighted by molar-refractivity contribution is -0.131. The van der Waals surface area contributed by atoms with Crippen molar-refractivity contribution in [2.24, 2.45) is 0 Å². The molecule has 32 heavy (non-hydrogen) atoms. The second-order valence-corrected chi connectivity index (χ2v) is 7.00. The summed E-state index contributed by atoms with van der Waals surface area (Å²) in [5.41, 5.74) is 1.09. The van der Waals surface area contributed by atoms with Crippen molar-refractivity contribution in [3.63, 3.8) is 0 Å². The highest BCUT2D eigenvalue weighted by molar-refractivity contribution is 5.67. The molecule has 3 rings (SSSR count). The third-order valence-corrected chi connectivity index (χ3v) is 4.56. The summed E-state index contributed by atoms with van der Waals surface area (Å²) in [5, 5.41) is 0. The van der Waals surface area contributed by atoms with E-state index >= 15 is 0 Å². The van der Waals surface area contributed by atoms with Crippen LogP contribution >= 0.6 is 0 Å². The highest BCUT2D eigenvalue weighted by Crippen LogP contribution is 2.29. The van der Waals surface area contributed by atoms with Gasteiger partial charge in [-0.2, -0.15) is 8.78 Å². The topological polar surface area (TPSA) is 9.23 Å². The first-order valence-electron chi connectivity index (χ1n) is 9.58. The summed E-state index contributed by atoms with van der Waals surface area (Å²) in [7, 11) is 0. The summed E-state index contributed by atoms with van der Waals surface area (Å²) in [5.74, 6) is -8.49. The van der Waals surface area contributed by atoms with Crippen LogP contribution in [0.2, 0.25) is 0 Å². The number of rotatable bonds is 7. The number of alkyl halides is 2. The molecule has 0 aromatic heterocycles. The quantitative estimate of drug-likeness (QED) is 0.263. The Kier molecular flexibility index (Phi) is 6.91. The molecular formula is C24H17F7O. The fourth-order valence-corrected chi connectivity index (χ4v) is 3.03. The first-order valence-corrected chi connectivity index (χ1v) is 9.58. The number of benzene rings is 3. The average molecular weight is 454 g/mol. The molecule has 1 nitrogen and oxygen atoms in total. The standard InChI is InChI=1S/C24H17F7O/c1-2-3-14-4-6-15(7-5-14)16-10-19(25)18(20(26)11-16)8-9-24(30,31)32-17-12-21(27)23(29)22(28)13-17/h4-13H,2-3H2,1H3/b9-8+. The van der Waals surface area contributed by atoms with Crippen molar-refractivity contribution in [2.75, 3.05) is 0 Å². The summed E-state index contributed by atoms with van der Waals surface area (Å²) >= 11 is 0. The van der Waals surface area contributed by atoms with E-state index in [0.29, 0.717) is 11.6 Å². The lowest BCUT2D eigenvalue weighted by Gasteiger charge is -2.15. The summed E-state index contributed by atoms with van der Waals surface area (Å²) in [6.45, 7) is 2.02. The molecule has 8 heteroatoms. The van der Waals surface area contributed by atoms with E-state index in [1.54, 1.807) is 12.1 Å². The van der Waals surface area contributed by atoms with E-state index in [0.717, 1.165) is 30.5 Å². The largest absolute Gasteiger partial charge is 0.429 e. The van der Waals surface area contributed by atoms with E-state index < -0.39 is 46.5 Å². The molecule has 0 spiro atoms. The predicted molar refractivity (Wildman–Crippen MR) is 107 cm³/mol. The second-order valence-electron chi connectivity index (χ2n) is 7.00. The van der Waals surface area contributed by atoms with E-state index in [4.69, 9.17) is 0 Å². The summed E-state index contributed by atoms with van der Waals surface area (Å²) in [6, 6.07) is 9.53. The molecule has 0 radical (unpaired) electrons. The summed E-state index contributed by atoms with van der Waals surface area (Å²) in [4.78, 5) is 0. The lowest BCUT2D eigenvalue weighted by Crippen LogP contribution is -2.21. The minimum atomic E-state index is -4.19. The Morgan fingerprint density at radius 1 is 0.781 bits per heavy atom. The Hall–Kier alpha value is -3.29. The van der Waals surface area contributed by atoms with Crippen LogP contribution in [0.15, 0.2) is 54.6 Å². The van der Waals surface area contributed by atoms with Gasteiger partial charge in [-0.05, 0) is 41.3 Å². The number of aryl methyl sites for hydroxylation is 1. The molecule has 3 aromatic rings. The smallest absolute Gasteiger partial charge is 0.419 e. The van der Waals surface area contributed by atoms with Crippen LogP contribution in [0.1, 0.15) is 24.5 Å². The Balaban J connectivity index is 1.82. The van der Waals surface area contributed by atoms with Crippen LogP contribution in [0.4, 0.5) is 30.7 Å². The van der Waals surface area contributed by atoms with Gasteiger partial charge in [0.2, 0.25) is 0 Å². The first kappa shape index (κ1) is 23.4. The van der Waals surface area contributed by atoms with Gasteiger partial charge in [-0.3, -0.25) is 0 Å². The number of ether oxygens (including phenoxy) is 1. The Morgan fingerprint density at radius 3 is 1.88 bits per heavy atom. The van der Waals surface area contributed by atoms with Crippen molar-refractivity contribution < 1.29 is 35.5 Å². The molecule has 0 aliphatic carbocycles. The molecule has 0 aliphatic rings. The zero-order valence-electron chi connectivity index (χ0n) is 16.7. The zero-order valence-corrected chi connectivity index (χ0v) is 16.7. The molecule has 0 saturated heterocycles. The van der Waals surface area contributed by atoms with Crippen LogP contribution < -0.4 is 4.74 Å². The number of hydrogen-bond acceptors (Lipinski definition) is 1. The van der Waals surface area contributed by atoms with E-state index in [9.17, 15) is 30.7 Å². The summed E-state index contributed by atoms with van der Waals surface area (Å²) in [6.07, 6.45) is -1.91. The van der Waals surface area contributed by atoms with Crippen LogP contribution in [0, 0.1) is 29.1 Å². The van der Waals surface area contributed by atoms with Gasteiger partial charge in [-0.25, -0.2) is 22.0 Å². The molecule has 0 fully saturated rings. The van der Waals surface area contributed by atoms with Gasteiger partial charge in [0.15, 0.2) is 17.5 Å². The molecule has 0 unspecified atom stereocenters. The second kappa shape index (κ2) is 9.46. The van der Waals surface area contributed by atoms with Crippen LogP contribution in [0.25, 0.3) is 17.2 Å². The van der Waals surface area contributed by atoms with Crippen LogP contribution in [-0.2, 0) is 6.42 Å². The van der Waals surface area contributed by atoms with Gasteiger partial charge < -0.3 is 4.74 Å². The highest BCUT2D eigenvalue weighted by Gasteiger charge is 2.29. The monoisotopic (exact) mass is 454 g/mol. The van der Waals surface area contributed by atoms with Crippen molar-refractivity contribution in [3.8, 4) is 16.9 Å². The molecule has 0 heterocycles. The van der Waals surface area contributed by atoms with Crippen molar-refractivity contribution >= 4 is 6.08 Å². The van der Waals surface area contributed by atoms with Crippen LogP contribution in [0.3, 0.4) is 0 Å². The highest BCUT2D eigenvalue weighted by atomic mass is 19.3. The van der Waals surface area contributed by atoms with Crippen LogP contribution in [0.5, 0.6) is 5.75 Å². The maximum absolute atomic E-state index is 14.4. The third kappa shape index (κ3) is 5.49. The molecule has 0 N–H and O–H groups in total. The minimum Gasteiger partial charge on any atom is -0.429 e. The third-order valence-electron chi connectivity index (χ3n) is 4.56. The molecule has 3 aromatic carbocycles. The average Bonchev–Trinajstić information content (AvgIpc) is 2.71. The van der Waals surface area contributed by atoms with Gasteiger partial charge in [0.1, 0.15) is 17.4 Å². The molecule has 168 valence electrons. The molecule has 0 bridgehead atoms. The van der Waals surface area contributed by atoms with Gasteiger partial charge in [-0.1, -0.05) is 37.6 Å². The van der Waals surface area contributed by atoms with Gasteiger partial charge in [0.05, 0.1) is 0 Å². The Labute approximate surface area is 179 Å². The number of halogens is 7. The first-order chi connectivity index (χ1) is 15.1. The van der Waals surface area contributed by atoms with Gasteiger partial charge >= 0.3 is 6.11 Å². The molecule has 0 atom stereocenters. The van der Waals surface area contributed by atoms with Crippen molar-refractivity contribution in [2.45, 2.75) is 25.9 Å². The molecule has 0 saturated carbocycles. The van der Waals surface area contributed by atoms with Crippen LogP contribution in [-0.4, -0.2) is 6.11 Å². The number of hydrogen-bond donors (Lipinski definition) is 0. The van der Waals surface area contributed by atoms with Gasteiger partial charge in [0.25, 0.3) is 0 Å². The Morgan fingerprint density at radius 2 is 1.34 bits per heavy atom. The predicted octanol–water partition coefficient (Wildman–Crippen LogP) is 7.69. The fourth-order valence-electron chi connectivity index (χ4n) is 3.03. The van der Waals surface area contributed by atoms with Gasteiger partial charge in [-0.15, -0.1) is 0 Å². The minimum absolute atomic E-state index is 0.0207. The van der Waals surface area contributed by atoms with E-state index in [-0.39, 0.29) is 23.8 Å². The normalized spacial score (nSPS) is 11.9. The van der Waals surface area contributed by atoms with E-state index in [1.807, 2.05) is 19.1 Å². The SMILES string of the molecule is CCCc1ccc(-c2cc(F)c(/C=C/C(F)(F)Oc3cc(F)c(F)c(F)c3)c(F)c2)cc1. The van der Waals surface area contributed by atoms with Crippen molar-refractivity contribution in [1.29, 1.82) is 0 Å². The molecular weight excluding hydrogens is 437 g/mol. The molecule has 0 aliphatic heterocycles.